The Hall–Kier alpha value is -3.19. The van der Waals surface area contributed by atoms with E-state index in [1.807, 2.05) is 30.3 Å². The van der Waals surface area contributed by atoms with Gasteiger partial charge in [0.1, 0.15) is 17.9 Å². The monoisotopic (exact) mass is 397 g/mol. The number of ether oxygens (including phenoxy) is 1. The zero-order chi connectivity index (χ0) is 19.7. The fourth-order valence-electron chi connectivity index (χ4n) is 3.28. The molecule has 142 valence electrons. The summed E-state index contributed by atoms with van der Waals surface area (Å²) in [5, 5.41) is 4.48. The van der Waals surface area contributed by atoms with Gasteiger partial charge < -0.3 is 4.74 Å². The largest absolute Gasteiger partial charge is 0.456 e. The van der Waals surface area contributed by atoms with E-state index in [2.05, 4.69) is 10.5 Å². The normalized spacial score (nSPS) is 21.0. The lowest BCUT2D eigenvalue weighted by molar-refractivity contribution is -0.136. The van der Waals surface area contributed by atoms with Crippen LogP contribution < -0.4 is 10.3 Å². The van der Waals surface area contributed by atoms with E-state index in [4.69, 9.17) is 16.3 Å². The molecule has 4 rings (SSSR count). The van der Waals surface area contributed by atoms with Crippen molar-refractivity contribution in [2.45, 2.75) is 25.0 Å². The number of benzene rings is 2. The summed E-state index contributed by atoms with van der Waals surface area (Å²) < 4.78 is 5.27. The minimum atomic E-state index is -1.25. The second-order valence-electron chi connectivity index (χ2n) is 6.68. The van der Waals surface area contributed by atoms with Crippen LogP contribution in [0.25, 0.3) is 0 Å². The van der Waals surface area contributed by atoms with Gasteiger partial charge in [0.15, 0.2) is 0 Å². The van der Waals surface area contributed by atoms with Gasteiger partial charge in [-0.2, -0.15) is 5.10 Å². The molecule has 0 aliphatic carbocycles. The summed E-state index contributed by atoms with van der Waals surface area (Å²) in [5.74, 6) is -1.43. The standard InChI is InChI=1S/C20H16ClN3O4/c21-14-6-8-15(9-7-14)24-17(25)11-20(19(24)27)10-16(22-23-20)18(26)28-12-13-4-2-1-3-5-13/h1-9,23H,10-12H2/t20-/m1/s1. The lowest BCUT2D eigenvalue weighted by Crippen LogP contribution is -2.47. The van der Waals surface area contributed by atoms with Gasteiger partial charge in [-0.3, -0.25) is 15.0 Å². The van der Waals surface area contributed by atoms with E-state index < -0.39 is 17.4 Å². The van der Waals surface area contributed by atoms with Gasteiger partial charge in [-0.25, -0.2) is 9.69 Å². The first-order valence-electron chi connectivity index (χ1n) is 8.66. The Morgan fingerprint density at radius 1 is 1.11 bits per heavy atom. The summed E-state index contributed by atoms with van der Waals surface area (Å²) in [5.41, 5.74) is 2.82. The number of esters is 1. The number of halogens is 1. The molecule has 2 heterocycles. The quantitative estimate of drug-likeness (QED) is 0.632. The average Bonchev–Trinajstić information content (AvgIpc) is 3.23. The maximum atomic E-state index is 13.0. The van der Waals surface area contributed by atoms with E-state index in [0.29, 0.717) is 10.7 Å². The molecule has 2 aliphatic rings. The van der Waals surface area contributed by atoms with Crippen LogP contribution in [0.4, 0.5) is 5.69 Å². The summed E-state index contributed by atoms with van der Waals surface area (Å²) in [7, 11) is 0. The molecule has 2 aromatic carbocycles. The second-order valence-corrected chi connectivity index (χ2v) is 7.11. The van der Waals surface area contributed by atoms with E-state index in [9.17, 15) is 14.4 Å². The van der Waals surface area contributed by atoms with Crippen LogP contribution >= 0.6 is 11.6 Å². The van der Waals surface area contributed by atoms with Gasteiger partial charge in [0.25, 0.3) is 5.91 Å². The number of hydrazone groups is 1. The van der Waals surface area contributed by atoms with Crippen molar-refractivity contribution < 1.29 is 19.1 Å². The molecule has 1 fully saturated rings. The number of hydrogen-bond donors (Lipinski definition) is 1. The number of imide groups is 1. The van der Waals surface area contributed by atoms with Gasteiger partial charge >= 0.3 is 5.97 Å². The van der Waals surface area contributed by atoms with Crippen LogP contribution in [-0.4, -0.2) is 29.0 Å². The Labute approximate surface area is 165 Å². The number of carbonyl (C=O) groups excluding carboxylic acids is 3. The van der Waals surface area contributed by atoms with Crippen LogP contribution in [0.3, 0.4) is 0 Å². The molecule has 1 saturated heterocycles. The van der Waals surface area contributed by atoms with Gasteiger partial charge in [-0.1, -0.05) is 41.9 Å². The van der Waals surface area contributed by atoms with Crippen LogP contribution in [-0.2, 0) is 25.7 Å². The summed E-state index contributed by atoms with van der Waals surface area (Å²) >= 11 is 5.87. The molecule has 1 spiro atoms. The number of amides is 2. The SMILES string of the molecule is O=C(OCc1ccccc1)C1=NN[C@@]2(CC(=O)N(c3ccc(Cl)cc3)C2=O)C1. The molecule has 1 atom stereocenters. The zero-order valence-electron chi connectivity index (χ0n) is 14.7. The summed E-state index contributed by atoms with van der Waals surface area (Å²) in [4.78, 5) is 38.9. The van der Waals surface area contributed by atoms with Crippen molar-refractivity contribution >= 4 is 40.8 Å². The Morgan fingerprint density at radius 3 is 2.54 bits per heavy atom. The second kappa shape index (κ2) is 7.09. The molecule has 28 heavy (non-hydrogen) atoms. The van der Waals surface area contributed by atoms with Gasteiger partial charge in [0.2, 0.25) is 5.91 Å². The highest BCUT2D eigenvalue weighted by Gasteiger charge is 2.56. The molecule has 0 aromatic heterocycles. The van der Waals surface area contributed by atoms with Crippen LogP contribution in [0, 0.1) is 0 Å². The Kier molecular flexibility index (Phi) is 4.60. The average molecular weight is 398 g/mol. The van der Waals surface area contributed by atoms with Crippen LogP contribution in [0.5, 0.6) is 0 Å². The van der Waals surface area contributed by atoms with Crippen molar-refractivity contribution in [3.8, 4) is 0 Å². The van der Waals surface area contributed by atoms with Crippen LogP contribution in [0.1, 0.15) is 18.4 Å². The number of hydrogen-bond acceptors (Lipinski definition) is 6. The van der Waals surface area contributed by atoms with Crippen molar-refractivity contribution in [2.24, 2.45) is 5.10 Å². The molecule has 0 radical (unpaired) electrons. The number of carbonyl (C=O) groups is 3. The third kappa shape index (κ3) is 3.25. The van der Waals surface area contributed by atoms with E-state index in [1.165, 1.54) is 0 Å². The molecule has 0 bridgehead atoms. The highest BCUT2D eigenvalue weighted by atomic mass is 35.5. The number of anilines is 1. The fraction of sp³-hybridized carbons (Fsp3) is 0.200. The van der Waals surface area contributed by atoms with Gasteiger partial charge in [-0.15, -0.1) is 0 Å². The van der Waals surface area contributed by atoms with Crippen molar-refractivity contribution in [3.63, 3.8) is 0 Å². The van der Waals surface area contributed by atoms with Crippen molar-refractivity contribution in [1.29, 1.82) is 0 Å². The first-order chi connectivity index (χ1) is 13.5. The predicted octanol–water partition coefficient (Wildman–Crippen LogP) is 2.43. The minimum Gasteiger partial charge on any atom is -0.456 e. The molecule has 0 saturated carbocycles. The topological polar surface area (TPSA) is 88.1 Å². The molecular formula is C20H16ClN3O4. The lowest BCUT2D eigenvalue weighted by Gasteiger charge is -2.21. The summed E-state index contributed by atoms with van der Waals surface area (Å²) in [6.07, 6.45) is -0.0945. The smallest absolute Gasteiger partial charge is 0.354 e. The maximum Gasteiger partial charge on any atom is 0.354 e. The van der Waals surface area contributed by atoms with Crippen LogP contribution in [0.15, 0.2) is 59.7 Å². The van der Waals surface area contributed by atoms with E-state index >= 15 is 0 Å². The summed E-state index contributed by atoms with van der Waals surface area (Å²) in [6.45, 7) is 0.107. The highest BCUT2D eigenvalue weighted by Crippen LogP contribution is 2.35. The van der Waals surface area contributed by atoms with Crippen molar-refractivity contribution in [2.75, 3.05) is 4.90 Å². The molecule has 8 heteroatoms. The molecule has 1 N–H and O–H groups in total. The van der Waals surface area contributed by atoms with E-state index in [0.717, 1.165) is 10.5 Å². The minimum absolute atomic E-state index is 0.00468. The van der Waals surface area contributed by atoms with Gasteiger partial charge in [0.05, 0.1) is 12.1 Å². The highest BCUT2D eigenvalue weighted by molar-refractivity contribution is 6.39. The first kappa shape index (κ1) is 18.2. The van der Waals surface area contributed by atoms with E-state index in [-0.39, 0.29) is 31.1 Å². The fourth-order valence-corrected chi connectivity index (χ4v) is 3.41. The number of rotatable bonds is 4. The van der Waals surface area contributed by atoms with Crippen molar-refractivity contribution in [3.05, 3.63) is 65.2 Å². The molecule has 2 amide bonds. The molecule has 2 aliphatic heterocycles. The third-order valence-corrected chi connectivity index (χ3v) is 4.97. The zero-order valence-corrected chi connectivity index (χ0v) is 15.5. The molecule has 0 unspecified atom stereocenters. The summed E-state index contributed by atoms with van der Waals surface area (Å²) in [6, 6.07) is 15.7. The lowest BCUT2D eigenvalue weighted by atomic mass is 9.93. The maximum absolute atomic E-state index is 13.0. The molecule has 2 aromatic rings. The predicted molar refractivity (Wildman–Crippen MR) is 103 cm³/mol. The molecule has 7 nitrogen and oxygen atoms in total. The number of nitrogens with zero attached hydrogens (tertiary/aromatic N) is 2. The number of nitrogens with one attached hydrogen (secondary N) is 1. The Balaban J connectivity index is 1.44. The van der Waals surface area contributed by atoms with Crippen LogP contribution in [0.2, 0.25) is 5.02 Å². The first-order valence-corrected chi connectivity index (χ1v) is 9.04. The van der Waals surface area contributed by atoms with Gasteiger partial charge in [0, 0.05) is 11.4 Å². The Bertz CT molecular complexity index is 975. The third-order valence-electron chi connectivity index (χ3n) is 4.72. The molecular weight excluding hydrogens is 382 g/mol. The van der Waals surface area contributed by atoms with Crippen molar-refractivity contribution in [1.82, 2.24) is 5.43 Å². The Morgan fingerprint density at radius 2 is 1.82 bits per heavy atom. The van der Waals surface area contributed by atoms with E-state index in [1.54, 1.807) is 24.3 Å². The van der Waals surface area contributed by atoms with Gasteiger partial charge in [-0.05, 0) is 29.8 Å².